The second-order valence-corrected chi connectivity index (χ2v) is 6.51. The molecule has 0 saturated carbocycles. The first-order valence-electron chi connectivity index (χ1n) is 8.34. The fraction of sp³-hybridized carbons (Fsp3) is 0.389. The zero-order valence-electron chi connectivity index (χ0n) is 14.4. The molecule has 0 aliphatic carbocycles. The van der Waals surface area contributed by atoms with Gasteiger partial charge in [-0.3, -0.25) is 4.79 Å². The maximum absolute atomic E-state index is 12.7. The Morgan fingerprint density at radius 3 is 2.72 bits per heavy atom. The van der Waals surface area contributed by atoms with Gasteiger partial charge >= 0.3 is 6.03 Å². The number of furan rings is 1. The highest BCUT2D eigenvalue weighted by Crippen LogP contribution is 2.35. The number of urea groups is 1. The second kappa shape index (κ2) is 6.96. The molecule has 0 bridgehead atoms. The first-order valence-corrected chi connectivity index (χ1v) is 8.34. The number of pyridine rings is 1. The van der Waals surface area contributed by atoms with E-state index in [-0.39, 0.29) is 17.8 Å². The number of piperidine rings is 1. The van der Waals surface area contributed by atoms with Crippen LogP contribution in [0.1, 0.15) is 47.8 Å². The summed E-state index contributed by atoms with van der Waals surface area (Å²) in [4.78, 5) is 29.5. The Hall–Kier alpha value is -2.83. The summed E-state index contributed by atoms with van der Waals surface area (Å²) < 4.78 is 5.76. The van der Waals surface area contributed by atoms with Gasteiger partial charge in [0.15, 0.2) is 0 Å². The number of nitrogens with one attached hydrogen (secondary N) is 1. The van der Waals surface area contributed by atoms with Gasteiger partial charge in [0.1, 0.15) is 17.2 Å². The van der Waals surface area contributed by atoms with Crippen LogP contribution in [0.3, 0.4) is 0 Å². The summed E-state index contributed by atoms with van der Waals surface area (Å²) in [5, 5.41) is 2.83. The van der Waals surface area contributed by atoms with Crippen molar-refractivity contribution in [2.24, 2.45) is 11.7 Å². The quantitative estimate of drug-likeness (QED) is 0.895. The molecule has 0 unspecified atom stereocenters. The number of aryl methyl sites for hydroxylation is 1. The summed E-state index contributed by atoms with van der Waals surface area (Å²) in [5.74, 6) is 1.56. The molecule has 25 heavy (non-hydrogen) atoms. The van der Waals surface area contributed by atoms with Gasteiger partial charge in [0, 0.05) is 6.54 Å². The van der Waals surface area contributed by atoms with E-state index >= 15 is 0 Å². The number of carbonyl (C=O) groups is 2. The molecule has 3 amide bonds. The lowest BCUT2D eigenvalue weighted by atomic mass is 9.91. The van der Waals surface area contributed by atoms with Crippen molar-refractivity contribution >= 4 is 17.6 Å². The summed E-state index contributed by atoms with van der Waals surface area (Å²) in [6, 6.07) is 6.65. The Balaban J connectivity index is 1.75. The van der Waals surface area contributed by atoms with Gasteiger partial charge in [0.05, 0.1) is 17.9 Å². The minimum Gasteiger partial charge on any atom is -0.464 e. The number of nitrogens with zero attached hydrogens (tertiary/aromatic N) is 2. The van der Waals surface area contributed by atoms with Crippen molar-refractivity contribution in [3.63, 3.8) is 0 Å². The number of hydrogen-bond acceptors (Lipinski definition) is 4. The van der Waals surface area contributed by atoms with E-state index in [9.17, 15) is 9.59 Å². The summed E-state index contributed by atoms with van der Waals surface area (Å²) in [6.45, 7) is 4.74. The van der Waals surface area contributed by atoms with E-state index in [4.69, 9.17) is 10.2 Å². The van der Waals surface area contributed by atoms with Crippen molar-refractivity contribution in [2.75, 3.05) is 11.9 Å². The third kappa shape index (κ3) is 3.81. The van der Waals surface area contributed by atoms with Gasteiger partial charge in [-0.25, -0.2) is 9.78 Å². The fourth-order valence-electron chi connectivity index (χ4n) is 3.10. The van der Waals surface area contributed by atoms with Crippen LogP contribution in [0.15, 0.2) is 34.9 Å². The van der Waals surface area contributed by atoms with Gasteiger partial charge in [0.25, 0.3) is 5.91 Å². The van der Waals surface area contributed by atoms with Crippen LogP contribution in [-0.2, 0) is 0 Å². The van der Waals surface area contributed by atoms with Crippen molar-refractivity contribution < 1.29 is 14.0 Å². The maximum Gasteiger partial charge on any atom is 0.322 e. The number of aromatic nitrogens is 1. The molecule has 7 heteroatoms. The zero-order valence-corrected chi connectivity index (χ0v) is 14.4. The van der Waals surface area contributed by atoms with E-state index in [0.717, 1.165) is 24.4 Å². The number of amides is 3. The van der Waals surface area contributed by atoms with Crippen LogP contribution >= 0.6 is 0 Å². The summed E-state index contributed by atoms with van der Waals surface area (Å²) >= 11 is 0. The van der Waals surface area contributed by atoms with Crippen LogP contribution in [0.4, 0.5) is 10.5 Å². The lowest BCUT2D eigenvalue weighted by Crippen LogP contribution is -2.42. The van der Waals surface area contributed by atoms with Crippen LogP contribution < -0.4 is 11.1 Å². The average Bonchev–Trinajstić information content (AvgIpc) is 3.01. The molecule has 132 valence electrons. The Kier molecular flexibility index (Phi) is 4.74. The topological polar surface area (TPSA) is 101 Å². The molecule has 2 aromatic heterocycles. The molecule has 7 nitrogen and oxygen atoms in total. The van der Waals surface area contributed by atoms with E-state index < -0.39 is 5.91 Å². The number of carbonyl (C=O) groups excluding carboxylic acids is 2. The summed E-state index contributed by atoms with van der Waals surface area (Å²) in [7, 11) is 0. The van der Waals surface area contributed by atoms with E-state index in [1.54, 1.807) is 11.0 Å². The average molecular weight is 342 g/mol. The molecule has 0 radical (unpaired) electrons. The summed E-state index contributed by atoms with van der Waals surface area (Å²) in [5.41, 5.74) is 5.85. The van der Waals surface area contributed by atoms with E-state index in [1.807, 2.05) is 19.1 Å². The zero-order chi connectivity index (χ0) is 18.0. The van der Waals surface area contributed by atoms with Gasteiger partial charge in [0.2, 0.25) is 0 Å². The summed E-state index contributed by atoms with van der Waals surface area (Å²) in [6.07, 6.45) is 3.23. The molecule has 3 rings (SSSR count). The van der Waals surface area contributed by atoms with Gasteiger partial charge in [-0.2, -0.15) is 0 Å². The molecular formula is C18H22N4O3. The maximum atomic E-state index is 12.7. The van der Waals surface area contributed by atoms with Gasteiger partial charge in [-0.15, -0.1) is 0 Å². The van der Waals surface area contributed by atoms with Crippen LogP contribution in [0, 0.1) is 12.8 Å². The second-order valence-electron chi connectivity index (χ2n) is 6.51. The first-order chi connectivity index (χ1) is 11.9. The third-order valence-corrected chi connectivity index (χ3v) is 4.48. The number of likely N-dealkylation sites (tertiary alicyclic amines) is 1. The highest BCUT2D eigenvalue weighted by Gasteiger charge is 2.33. The standard InChI is InChI=1S/C18H22N4O3/c1-11-7-8-22(15(9-11)16-6-3-12(2)25-16)18(24)21-13-4-5-14(17(19)23)20-10-13/h3-6,10-11,15H,7-9H2,1-2H3,(H2,19,23)(H,21,24)/t11-,15+/m0/s1. The predicted molar refractivity (Wildman–Crippen MR) is 93.1 cm³/mol. The van der Waals surface area contributed by atoms with Gasteiger partial charge in [-0.05, 0) is 49.9 Å². The molecule has 1 fully saturated rings. The van der Waals surface area contributed by atoms with Gasteiger partial charge in [-0.1, -0.05) is 6.92 Å². The molecule has 2 aromatic rings. The number of anilines is 1. The fourth-order valence-corrected chi connectivity index (χ4v) is 3.10. The minimum atomic E-state index is -0.601. The number of nitrogens with two attached hydrogens (primary N) is 1. The highest BCUT2D eigenvalue weighted by molar-refractivity contribution is 5.92. The molecule has 2 atom stereocenters. The minimum absolute atomic E-state index is 0.0877. The van der Waals surface area contributed by atoms with E-state index in [1.165, 1.54) is 12.3 Å². The van der Waals surface area contributed by atoms with Crippen LogP contribution in [0.25, 0.3) is 0 Å². The van der Waals surface area contributed by atoms with Crippen molar-refractivity contribution in [1.82, 2.24) is 9.88 Å². The molecule has 0 aromatic carbocycles. The molecule has 1 aliphatic rings. The van der Waals surface area contributed by atoms with Crippen molar-refractivity contribution in [3.8, 4) is 0 Å². The molecule has 1 aliphatic heterocycles. The number of hydrogen-bond donors (Lipinski definition) is 2. The largest absolute Gasteiger partial charge is 0.464 e. The lowest BCUT2D eigenvalue weighted by molar-refractivity contribution is 0.0995. The number of primary amides is 1. The van der Waals surface area contributed by atoms with E-state index in [0.29, 0.717) is 18.2 Å². The third-order valence-electron chi connectivity index (χ3n) is 4.48. The SMILES string of the molecule is Cc1ccc([C@H]2C[C@@H](C)CCN2C(=O)Nc2ccc(C(N)=O)nc2)o1. The Morgan fingerprint density at radius 2 is 2.12 bits per heavy atom. The van der Waals surface area contributed by atoms with Crippen LogP contribution in [0.5, 0.6) is 0 Å². The van der Waals surface area contributed by atoms with Crippen molar-refractivity contribution in [3.05, 3.63) is 47.7 Å². The Bertz CT molecular complexity index is 769. The van der Waals surface area contributed by atoms with Crippen molar-refractivity contribution in [1.29, 1.82) is 0 Å². The van der Waals surface area contributed by atoms with Crippen molar-refractivity contribution in [2.45, 2.75) is 32.7 Å². The predicted octanol–water partition coefficient (Wildman–Crippen LogP) is 3.09. The molecular weight excluding hydrogens is 320 g/mol. The highest BCUT2D eigenvalue weighted by atomic mass is 16.3. The molecule has 0 spiro atoms. The Labute approximate surface area is 146 Å². The lowest BCUT2D eigenvalue weighted by Gasteiger charge is -2.37. The first kappa shape index (κ1) is 17.0. The number of rotatable bonds is 3. The van der Waals surface area contributed by atoms with Gasteiger partial charge < -0.3 is 20.4 Å². The molecule has 1 saturated heterocycles. The molecule has 3 N–H and O–H groups in total. The Morgan fingerprint density at radius 1 is 1.32 bits per heavy atom. The monoisotopic (exact) mass is 342 g/mol. The smallest absolute Gasteiger partial charge is 0.322 e. The normalized spacial score (nSPS) is 20.3. The van der Waals surface area contributed by atoms with Crippen LogP contribution in [-0.4, -0.2) is 28.4 Å². The molecule has 3 heterocycles. The van der Waals surface area contributed by atoms with E-state index in [2.05, 4.69) is 17.2 Å². The van der Waals surface area contributed by atoms with Crippen LogP contribution in [0.2, 0.25) is 0 Å².